The molecule has 4 nitrogen and oxygen atoms in total. The smallest absolute Gasteiger partial charge is 0.220 e. The van der Waals surface area contributed by atoms with E-state index in [9.17, 15) is 4.79 Å². The predicted octanol–water partition coefficient (Wildman–Crippen LogP) is 3.57. The number of nitrogens with one attached hydrogen (secondary N) is 1. The monoisotopic (exact) mass is 366 g/mol. The molecule has 0 bridgehead atoms. The van der Waals surface area contributed by atoms with Crippen LogP contribution in [0.25, 0.3) is 0 Å². The molecule has 0 unspecified atom stereocenters. The molecule has 4 heteroatoms. The first kappa shape index (κ1) is 19.4. The Kier molecular flexibility index (Phi) is 6.88. The number of carbonyl (C=O) groups excluding carboxylic acids is 1. The number of nitrogens with zero attached hydrogens (tertiary/aromatic N) is 1. The molecule has 2 aromatic rings. The van der Waals surface area contributed by atoms with Crippen LogP contribution >= 0.6 is 0 Å². The zero-order valence-electron chi connectivity index (χ0n) is 16.4. The Morgan fingerprint density at radius 1 is 1.22 bits per heavy atom. The van der Waals surface area contributed by atoms with Crippen LogP contribution in [0.2, 0.25) is 0 Å². The van der Waals surface area contributed by atoms with Crippen molar-refractivity contribution in [3.8, 4) is 5.75 Å². The number of rotatable bonds is 8. The van der Waals surface area contributed by atoms with Crippen LogP contribution in [-0.4, -0.2) is 37.6 Å². The third-order valence-corrected chi connectivity index (χ3v) is 5.39. The summed E-state index contributed by atoms with van der Waals surface area (Å²) in [7, 11) is 1.66. The van der Waals surface area contributed by atoms with Crippen molar-refractivity contribution in [2.45, 2.75) is 32.7 Å². The number of carbonyl (C=O) groups is 1. The summed E-state index contributed by atoms with van der Waals surface area (Å²) in [6, 6.07) is 16.5. The average molecular weight is 367 g/mol. The highest BCUT2D eigenvalue weighted by atomic mass is 16.5. The summed E-state index contributed by atoms with van der Waals surface area (Å²) >= 11 is 0. The fourth-order valence-electron chi connectivity index (χ4n) is 3.68. The molecule has 1 aliphatic heterocycles. The van der Waals surface area contributed by atoms with Crippen molar-refractivity contribution in [2.75, 3.05) is 26.7 Å². The van der Waals surface area contributed by atoms with Gasteiger partial charge in [0.1, 0.15) is 5.75 Å². The first-order valence-corrected chi connectivity index (χ1v) is 9.80. The second kappa shape index (κ2) is 9.56. The number of amides is 1. The van der Waals surface area contributed by atoms with Gasteiger partial charge in [-0.05, 0) is 61.1 Å². The molecule has 0 spiro atoms. The van der Waals surface area contributed by atoms with Crippen molar-refractivity contribution >= 4 is 5.91 Å². The molecule has 27 heavy (non-hydrogen) atoms. The van der Waals surface area contributed by atoms with Gasteiger partial charge in [0.2, 0.25) is 5.91 Å². The van der Waals surface area contributed by atoms with Crippen molar-refractivity contribution in [1.82, 2.24) is 10.2 Å². The van der Waals surface area contributed by atoms with Gasteiger partial charge in [0.25, 0.3) is 0 Å². The first-order valence-electron chi connectivity index (χ1n) is 9.80. The Morgan fingerprint density at radius 2 is 2.07 bits per heavy atom. The Hall–Kier alpha value is -2.33. The lowest BCUT2D eigenvalue weighted by molar-refractivity contribution is -0.121. The molecule has 1 aliphatic rings. The van der Waals surface area contributed by atoms with Crippen LogP contribution in [0.4, 0.5) is 0 Å². The SMILES string of the molecule is COc1cccc(CCC(=O)NC[C@H]2CCN(Cc3ccccc3C)C2)c1. The zero-order chi connectivity index (χ0) is 19.1. The lowest BCUT2D eigenvalue weighted by Gasteiger charge is -2.17. The second-order valence-electron chi connectivity index (χ2n) is 7.47. The summed E-state index contributed by atoms with van der Waals surface area (Å²) in [6.07, 6.45) is 2.42. The molecule has 144 valence electrons. The molecular formula is C23H30N2O2. The van der Waals surface area contributed by atoms with Crippen LogP contribution in [0.3, 0.4) is 0 Å². The van der Waals surface area contributed by atoms with Crippen LogP contribution in [0, 0.1) is 12.8 Å². The first-order chi connectivity index (χ1) is 13.1. The fourth-order valence-corrected chi connectivity index (χ4v) is 3.68. The minimum absolute atomic E-state index is 0.134. The molecular weight excluding hydrogens is 336 g/mol. The largest absolute Gasteiger partial charge is 0.497 e. The molecule has 1 heterocycles. The summed E-state index contributed by atoms with van der Waals surface area (Å²) < 4.78 is 5.23. The number of aryl methyl sites for hydroxylation is 2. The van der Waals surface area contributed by atoms with E-state index in [1.807, 2.05) is 24.3 Å². The molecule has 2 aromatic carbocycles. The van der Waals surface area contributed by atoms with Gasteiger partial charge in [0.05, 0.1) is 7.11 Å². The Bertz CT molecular complexity index is 760. The van der Waals surface area contributed by atoms with Crippen LogP contribution in [0.15, 0.2) is 48.5 Å². The van der Waals surface area contributed by atoms with Gasteiger partial charge >= 0.3 is 0 Å². The van der Waals surface area contributed by atoms with Gasteiger partial charge < -0.3 is 10.1 Å². The van der Waals surface area contributed by atoms with Crippen molar-refractivity contribution in [3.05, 3.63) is 65.2 Å². The molecule has 1 atom stereocenters. The van der Waals surface area contributed by atoms with Gasteiger partial charge in [-0.2, -0.15) is 0 Å². The normalized spacial score (nSPS) is 17.0. The third kappa shape index (κ3) is 5.83. The Balaban J connectivity index is 1.37. The molecule has 0 aromatic heterocycles. The fraction of sp³-hybridized carbons (Fsp3) is 0.435. The third-order valence-electron chi connectivity index (χ3n) is 5.39. The molecule has 0 radical (unpaired) electrons. The van der Waals surface area contributed by atoms with Gasteiger partial charge in [-0.25, -0.2) is 0 Å². The minimum atomic E-state index is 0.134. The maximum Gasteiger partial charge on any atom is 0.220 e. The van der Waals surface area contributed by atoms with E-state index in [4.69, 9.17) is 4.74 Å². The van der Waals surface area contributed by atoms with Crippen LogP contribution < -0.4 is 10.1 Å². The summed E-state index contributed by atoms with van der Waals surface area (Å²) in [5.41, 5.74) is 3.89. The second-order valence-corrected chi connectivity index (χ2v) is 7.47. The van der Waals surface area contributed by atoms with E-state index in [2.05, 4.69) is 41.4 Å². The summed E-state index contributed by atoms with van der Waals surface area (Å²) in [4.78, 5) is 14.7. The molecule has 0 aliphatic carbocycles. The molecule has 1 amide bonds. The van der Waals surface area contributed by atoms with Gasteiger partial charge in [-0.3, -0.25) is 9.69 Å². The number of hydrogen-bond acceptors (Lipinski definition) is 3. The quantitative estimate of drug-likeness (QED) is 0.776. The topological polar surface area (TPSA) is 41.6 Å². The zero-order valence-corrected chi connectivity index (χ0v) is 16.4. The van der Waals surface area contributed by atoms with E-state index in [0.717, 1.165) is 50.3 Å². The van der Waals surface area contributed by atoms with Crippen LogP contribution in [0.1, 0.15) is 29.5 Å². The summed E-state index contributed by atoms with van der Waals surface area (Å²) in [5, 5.41) is 3.12. The molecule has 1 fully saturated rings. The van der Waals surface area contributed by atoms with E-state index in [-0.39, 0.29) is 5.91 Å². The van der Waals surface area contributed by atoms with E-state index in [0.29, 0.717) is 12.3 Å². The standard InChI is InChI=1S/C23H30N2O2/c1-18-6-3-4-8-21(18)17-25-13-12-20(16-25)15-24-23(26)11-10-19-7-5-9-22(14-19)27-2/h3-9,14,20H,10-13,15-17H2,1-2H3,(H,24,26)/t20-/m1/s1. The number of benzene rings is 2. The highest BCUT2D eigenvalue weighted by Crippen LogP contribution is 2.20. The summed E-state index contributed by atoms with van der Waals surface area (Å²) in [5.74, 6) is 1.53. The Labute approximate surface area is 162 Å². The van der Waals surface area contributed by atoms with Crippen molar-refractivity contribution in [1.29, 1.82) is 0 Å². The molecule has 0 saturated carbocycles. The van der Waals surface area contributed by atoms with Crippen LogP contribution in [0.5, 0.6) is 5.75 Å². The lowest BCUT2D eigenvalue weighted by atomic mass is 10.1. The van der Waals surface area contributed by atoms with Gasteiger partial charge in [0, 0.05) is 26.1 Å². The lowest BCUT2D eigenvalue weighted by Crippen LogP contribution is -2.31. The van der Waals surface area contributed by atoms with Gasteiger partial charge in [0.15, 0.2) is 0 Å². The molecule has 1 saturated heterocycles. The number of likely N-dealkylation sites (tertiary alicyclic amines) is 1. The minimum Gasteiger partial charge on any atom is -0.497 e. The highest BCUT2D eigenvalue weighted by Gasteiger charge is 2.23. The molecule has 3 rings (SSSR count). The van der Waals surface area contributed by atoms with Crippen molar-refractivity contribution in [2.24, 2.45) is 5.92 Å². The van der Waals surface area contributed by atoms with Crippen LogP contribution in [-0.2, 0) is 17.8 Å². The van der Waals surface area contributed by atoms with E-state index in [1.165, 1.54) is 11.1 Å². The molecule has 1 N–H and O–H groups in total. The van der Waals surface area contributed by atoms with Gasteiger partial charge in [-0.1, -0.05) is 36.4 Å². The summed E-state index contributed by atoms with van der Waals surface area (Å²) in [6.45, 7) is 6.13. The Morgan fingerprint density at radius 3 is 2.89 bits per heavy atom. The highest BCUT2D eigenvalue weighted by molar-refractivity contribution is 5.76. The van der Waals surface area contributed by atoms with E-state index < -0.39 is 0 Å². The maximum absolute atomic E-state index is 12.2. The van der Waals surface area contributed by atoms with Gasteiger partial charge in [-0.15, -0.1) is 0 Å². The van der Waals surface area contributed by atoms with Crippen molar-refractivity contribution < 1.29 is 9.53 Å². The maximum atomic E-state index is 12.2. The number of ether oxygens (including phenoxy) is 1. The predicted molar refractivity (Wildman–Crippen MR) is 109 cm³/mol. The van der Waals surface area contributed by atoms with E-state index in [1.54, 1.807) is 7.11 Å². The van der Waals surface area contributed by atoms with E-state index >= 15 is 0 Å². The number of methoxy groups -OCH3 is 1. The number of hydrogen-bond donors (Lipinski definition) is 1. The average Bonchev–Trinajstić information content (AvgIpc) is 3.14. The van der Waals surface area contributed by atoms with Crippen molar-refractivity contribution in [3.63, 3.8) is 0 Å².